The maximum absolute atomic E-state index is 13.7. The summed E-state index contributed by atoms with van der Waals surface area (Å²) >= 11 is 7.01. The van der Waals surface area contributed by atoms with Gasteiger partial charge in [-0.1, -0.05) is 25.4 Å². The van der Waals surface area contributed by atoms with Crippen LogP contribution in [-0.2, 0) is 9.53 Å². The Morgan fingerprint density at radius 3 is 2.59 bits per heavy atom. The van der Waals surface area contributed by atoms with E-state index in [0.717, 1.165) is 23.9 Å². The number of halogens is 2. The first kappa shape index (κ1) is 18.3. The predicted molar refractivity (Wildman–Crippen MR) is 81.4 cm³/mol. The van der Waals surface area contributed by atoms with Crippen molar-refractivity contribution in [3.8, 4) is 0 Å². The highest BCUT2D eigenvalue weighted by molar-refractivity contribution is 8.00. The summed E-state index contributed by atoms with van der Waals surface area (Å²) < 4.78 is 18.5. The van der Waals surface area contributed by atoms with Gasteiger partial charge in [0.05, 0.1) is 17.7 Å². The van der Waals surface area contributed by atoms with Crippen LogP contribution < -0.4 is 0 Å². The van der Waals surface area contributed by atoms with Crippen LogP contribution >= 0.6 is 23.4 Å². The fraction of sp³-hybridized carbons (Fsp3) is 0.385. The van der Waals surface area contributed by atoms with Gasteiger partial charge in [0.15, 0.2) is 0 Å². The van der Waals surface area contributed by atoms with E-state index in [4.69, 9.17) is 21.9 Å². The molecule has 0 bridgehead atoms. The number of hydrogen-bond acceptors (Lipinski definition) is 4. The second-order valence-electron chi connectivity index (χ2n) is 4.56. The molecule has 0 aliphatic heterocycles. The number of ether oxygens (including phenoxy) is 1. The molecule has 0 saturated carbocycles. The van der Waals surface area contributed by atoms with Gasteiger partial charge in [-0.25, -0.2) is 4.39 Å². The van der Waals surface area contributed by atoms with E-state index in [0.29, 0.717) is 4.90 Å². The van der Waals surface area contributed by atoms with Crippen LogP contribution in [0.15, 0.2) is 22.1 Å². The van der Waals surface area contributed by atoms with Crippen molar-refractivity contribution in [3.63, 3.8) is 0 Å². The van der Waals surface area contributed by atoms with Gasteiger partial charge < -0.3 is 4.74 Å². The molecule has 0 radical (unpaired) electrons. The van der Waals surface area contributed by atoms with Crippen molar-refractivity contribution in [2.75, 3.05) is 7.11 Å². The predicted octanol–water partition coefficient (Wildman–Crippen LogP) is 4.22. The van der Waals surface area contributed by atoms with E-state index in [-0.39, 0.29) is 10.9 Å². The minimum atomic E-state index is -1.06. The van der Waals surface area contributed by atoms with E-state index >= 15 is 0 Å². The zero-order valence-corrected chi connectivity index (χ0v) is 13.6. The minimum Gasteiger partial charge on any atom is -0.468 e. The summed E-state index contributed by atoms with van der Waals surface area (Å²) in [7, 11) is 1.27. The molecule has 0 heterocycles. The molecule has 1 atom stereocenters. The van der Waals surface area contributed by atoms with Gasteiger partial charge in [-0.2, -0.15) is 0 Å². The maximum atomic E-state index is 13.7. The van der Waals surface area contributed by atoms with Crippen molar-refractivity contribution in [1.82, 2.24) is 0 Å². The van der Waals surface area contributed by atoms with Gasteiger partial charge in [-0.05, 0) is 28.7 Å². The number of methoxy groups -OCH3 is 1. The quantitative estimate of drug-likeness (QED) is 0.262. The third-order valence-electron chi connectivity index (χ3n) is 2.68. The van der Waals surface area contributed by atoms with Gasteiger partial charge in [0.2, 0.25) is 0 Å². The summed E-state index contributed by atoms with van der Waals surface area (Å²) in [5.41, 5.74) is 7.85. The second kappa shape index (κ2) is 8.03. The first-order valence-electron chi connectivity index (χ1n) is 6.14. The number of carbonyl (C=O) groups is 2. The van der Waals surface area contributed by atoms with Crippen molar-refractivity contribution in [2.45, 2.75) is 24.0 Å². The molecule has 0 saturated heterocycles. The SMILES string of the molecule is COC(=O)C(Sc1cc(C(=O)N=[N+]=[N-])c(F)cc1Cl)C(C)C. The number of azide groups is 1. The molecular weight excluding hydrogens is 333 g/mol. The number of benzene rings is 1. The molecular formula is C13H13ClFN3O3S. The Morgan fingerprint density at radius 2 is 2.09 bits per heavy atom. The Labute approximate surface area is 135 Å². The van der Waals surface area contributed by atoms with E-state index in [9.17, 15) is 14.0 Å². The minimum absolute atomic E-state index is 0.0505. The Kier molecular flexibility index (Phi) is 6.67. The molecule has 0 fully saturated rings. The van der Waals surface area contributed by atoms with Crippen molar-refractivity contribution in [1.29, 1.82) is 0 Å². The van der Waals surface area contributed by atoms with Crippen LogP contribution in [0.4, 0.5) is 4.39 Å². The number of rotatable bonds is 5. The molecule has 1 rings (SSSR count). The highest BCUT2D eigenvalue weighted by Crippen LogP contribution is 2.35. The molecule has 1 aromatic carbocycles. The number of amides is 1. The van der Waals surface area contributed by atoms with Gasteiger partial charge in [0.1, 0.15) is 11.1 Å². The van der Waals surface area contributed by atoms with E-state index in [1.54, 1.807) is 0 Å². The van der Waals surface area contributed by atoms with Crippen molar-refractivity contribution >= 4 is 35.2 Å². The van der Waals surface area contributed by atoms with E-state index in [1.165, 1.54) is 7.11 Å². The monoisotopic (exact) mass is 345 g/mol. The molecule has 0 spiro atoms. The first-order chi connectivity index (χ1) is 10.3. The molecule has 6 nitrogen and oxygen atoms in total. The van der Waals surface area contributed by atoms with E-state index in [1.807, 2.05) is 13.8 Å². The van der Waals surface area contributed by atoms with Crippen molar-refractivity contribution in [3.05, 3.63) is 39.0 Å². The Morgan fingerprint density at radius 1 is 1.45 bits per heavy atom. The molecule has 0 aliphatic rings. The van der Waals surface area contributed by atoms with Gasteiger partial charge in [0.25, 0.3) is 5.91 Å². The molecule has 9 heteroatoms. The third kappa shape index (κ3) is 4.37. The normalized spacial score (nSPS) is 11.7. The van der Waals surface area contributed by atoms with Gasteiger partial charge in [0, 0.05) is 9.81 Å². The highest BCUT2D eigenvalue weighted by Gasteiger charge is 2.26. The number of hydrogen-bond donors (Lipinski definition) is 0. The molecule has 118 valence electrons. The summed E-state index contributed by atoms with van der Waals surface area (Å²) in [5.74, 6) is -2.48. The molecule has 22 heavy (non-hydrogen) atoms. The summed E-state index contributed by atoms with van der Waals surface area (Å²) in [5, 5.41) is 2.33. The highest BCUT2D eigenvalue weighted by atomic mass is 35.5. The van der Waals surface area contributed by atoms with Crippen LogP contribution in [-0.4, -0.2) is 24.2 Å². The molecule has 0 aliphatic carbocycles. The van der Waals surface area contributed by atoms with Crippen LogP contribution in [0, 0.1) is 11.7 Å². The van der Waals surface area contributed by atoms with Crippen LogP contribution in [0.5, 0.6) is 0 Å². The Balaban J connectivity index is 3.24. The van der Waals surface area contributed by atoms with Gasteiger partial charge in [-0.15, -0.1) is 11.8 Å². The maximum Gasteiger partial charge on any atom is 0.319 e. The van der Waals surface area contributed by atoms with Gasteiger partial charge >= 0.3 is 5.97 Å². The summed E-state index contributed by atoms with van der Waals surface area (Å²) in [6.07, 6.45) is 0. The van der Waals surface area contributed by atoms with Gasteiger partial charge in [-0.3, -0.25) is 9.59 Å². The Hall–Kier alpha value is -1.76. The smallest absolute Gasteiger partial charge is 0.319 e. The number of carbonyl (C=O) groups excluding carboxylic acids is 2. The largest absolute Gasteiger partial charge is 0.468 e. The second-order valence-corrected chi connectivity index (χ2v) is 6.15. The van der Waals surface area contributed by atoms with Crippen LogP contribution in [0.2, 0.25) is 5.02 Å². The average Bonchev–Trinajstić information content (AvgIpc) is 2.45. The third-order valence-corrected chi connectivity index (χ3v) is 4.69. The molecule has 1 aromatic rings. The zero-order valence-electron chi connectivity index (χ0n) is 12.0. The van der Waals surface area contributed by atoms with Crippen molar-refractivity contribution < 1.29 is 18.7 Å². The topological polar surface area (TPSA) is 92.1 Å². The van der Waals surface area contributed by atoms with Crippen LogP contribution in [0.1, 0.15) is 24.2 Å². The zero-order chi connectivity index (χ0) is 16.9. The number of thioether (sulfide) groups is 1. The van der Waals surface area contributed by atoms with Crippen molar-refractivity contribution in [2.24, 2.45) is 11.0 Å². The molecule has 0 N–H and O–H groups in total. The summed E-state index contributed by atoms with van der Waals surface area (Å²) in [6, 6.07) is 2.11. The fourth-order valence-electron chi connectivity index (χ4n) is 1.59. The lowest BCUT2D eigenvalue weighted by atomic mass is 10.1. The summed E-state index contributed by atoms with van der Waals surface area (Å²) in [6.45, 7) is 3.64. The van der Waals surface area contributed by atoms with Crippen LogP contribution in [0.3, 0.4) is 0 Å². The van der Waals surface area contributed by atoms with E-state index in [2.05, 4.69) is 10.0 Å². The van der Waals surface area contributed by atoms with E-state index < -0.39 is 28.5 Å². The first-order valence-corrected chi connectivity index (χ1v) is 7.40. The Bertz CT molecular complexity index is 648. The number of nitrogens with zero attached hydrogens (tertiary/aromatic N) is 3. The summed E-state index contributed by atoms with van der Waals surface area (Å²) in [4.78, 5) is 26.0. The lowest BCUT2D eigenvalue weighted by molar-refractivity contribution is -0.140. The molecule has 1 unspecified atom stereocenters. The standard InChI is InChI=1S/C13H13ClFN3O3S/c1-6(2)11(13(20)21-3)22-10-4-7(12(19)17-18-16)9(15)5-8(10)14/h4-6,11H,1-3H3. The lowest BCUT2D eigenvalue weighted by Gasteiger charge is -2.18. The van der Waals surface area contributed by atoms with Crippen LogP contribution in [0.25, 0.3) is 10.4 Å². The average molecular weight is 346 g/mol. The molecule has 1 amide bonds. The molecule has 0 aromatic heterocycles. The number of esters is 1. The lowest BCUT2D eigenvalue weighted by Crippen LogP contribution is -2.24. The fourth-order valence-corrected chi connectivity index (χ4v) is 2.97.